The first-order valence-corrected chi connectivity index (χ1v) is 8.45. The highest BCUT2D eigenvalue weighted by molar-refractivity contribution is 5.55. The summed E-state index contributed by atoms with van der Waals surface area (Å²) >= 11 is 0. The van der Waals surface area contributed by atoms with Crippen LogP contribution in [0.2, 0.25) is 0 Å². The van der Waals surface area contributed by atoms with E-state index in [0.29, 0.717) is 6.04 Å². The molecule has 0 bridgehead atoms. The Labute approximate surface area is 129 Å². The Hall–Kier alpha value is -1.06. The van der Waals surface area contributed by atoms with Crippen molar-refractivity contribution in [3.05, 3.63) is 29.3 Å². The third kappa shape index (κ3) is 3.41. The summed E-state index contributed by atoms with van der Waals surface area (Å²) < 4.78 is 0. The van der Waals surface area contributed by atoms with Gasteiger partial charge in [0.15, 0.2) is 0 Å². The van der Waals surface area contributed by atoms with E-state index in [2.05, 4.69) is 54.1 Å². The number of fused-ring (bicyclic) bond motifs is 1. The van der Waals surface area contributed by atoms with Gasteiger partial charge in [0.05, 0.1) is 0 Å². The Bertz CT molecular complexity index is 483. The predicted molar refractivity (Wildman–Crippen MR) is 90.0 cm³/mol. The zero-order valence-corrected chi connectivity index (χ0v) is 13.7. The van der Waals surface area contributed by atoms with Crippen LogP contribution in [-0.4, -0.2) is 43.2 Å². The second-order valence-electron chi connectivity index (χ2n) is 6.93. The lowest BCUT2D eigenvalue weighted by Gasteiger charge is -2.39. The summed E-state index contributed by atoms with van der Waals surface area (Å²) in [5.41, 5.74) is 4.25. The van der Waals surface area contributed by atoms with Crippen LogP contribution in [0.1, 0.15) is 37.8 Å². The molecule has 2 heterocycles. The fourth-order valence-corrected chi connectivity index (χ4v) is 3.71. The Morgan fingerprint density at radius 2 is 2.10 bits per heavy atom. The third-order valence-electron chi connectivity index (χ3n) is 4.90. The highest BCUT2D eigenvalue weighted by Crippen LogP contribution is 2.28. The van der Waals surface area contributed by atoms with Gasteiger partial charge in [0.2, 0.25) is 0 Å². The van der Waals surface area contributed by atoms with Gasteiger partial charge in [-0.15, -0.1) is 0 Å². The topological polar surface area (TPSA) is 18.5 Å². The van der Waals surface area contributed by atoms with Crippen LogP contribution < -0.4 is 10.2 Å². The van der Waals surface area contributed by atoms with Gasteiger partial charge in [-0.3, -0.25) is 4.90 Å². The van der Waals surface area contributed by atoms with E-state index >= 15 is 0 Å². The summed E-state index contributed by atoms with van der Waals surface area (Å²) in [5, 5.41) is 3.50. The number of hydrogen-bond donors (Lipinski definition) is 1. The molecule has 1 aromatic carbocycles. The molecule has 3 rings (SSSR count). The minimum atomic E-state index is 0.542. The van der Waals surface area contributed by atoms with Gasteiger partial charge < -0.3 is 10.2 Å². The lowest BCUT2D eigenvalue weighted by atomic mass is 10.1. The highest BCUT2D eigenvalue weighted by Gasteiger charge is 2.30. The molecule has 2 saturated heterocycles. The van der Waals surface area contributed by atoms with E-state index in [-0.39, 0.29) is 0 Å². The summed E-state index contributed by atoms with van der Waals surface area (Å²) in [6, 6.07) is 8.31. The summed E-state index contributed by atoms with van der Waals surface area (Å²) in [6.07, 6.45) is 2.77. The van der Waals surface area contributed by atoms with Crippen molar-refractivity contribution in [2.45, 2.75) is 52.2 Å². The highest BCUT2D eigenvalue weighted by atomic mass is 15.3. The largest absolute Gasteiger partial charge is 0.368 e. The van der Waals surface area contributed by atoms with Gasteiger partial charge in [0.25, 0.3) is 0 Å². The number of rotatable bonds is 4. The van der Waals surface area contributed by atoms with E-state index < -0.39 is 0 Å². The van der Waals surface area contributed by atoms with Crippen molar-refractivity contribution < 1.29 is 0 Å². The summed E-state index contributed by atoms with van der Waals surface area (Å²) in [6.45, 7) is 12.6. The lowest BCUT2D eigenvalue weighted by Crippen LogP contribution is -2.50. The quantitative estimate of drug-likeness (QED) is 0.918. The van der Waals surface area contributed by atoms with Gasteiger partial charge in [-0.2, -0.15) is 0 Å². The zero-order valence-electron chi connectivity index (χ0n) is 13.7. The molecule has 2 fully saturated rings. The smallest absolute Gasteiger partial charge is 0.0397 e. The van der Waals surface area contributed by atoms with E-state index in [1.807, 2.05) is 0 Å². The molecule has 1 atom stereocenters. The SMILES string of the molecule is Cc1cc(CNC(C)C)ccc1N1CCN2CCCC2C1. The van der Waals surface area contributed by atoms with Crippen LogP contribution in [-0.2, 0) is 6.54 Å². The molecule has 0 spiro atoms. The standard InChI is InChI=1S/C18H29N3/c1-14(2)19-12-16-6-7-18(15(3)11-16)21-10-9-20-8-4-5-17(20)13-21/h6-7,11,14,17,19H,4-5,8-10,12-13H2,1-3H3. The van der Waals surface area contributed by atoms with Crippen LogP contribution in [0.15, 0.2) is 18.2 Å². The molecule has 21 heavy (non-hydrogen) atoms. The predicted octanol–water partition coefficient (Wildman–Crippen LogP) is 2.78. The molecular weight excluding hydrogens is 258 g/mol. The van der Waals surface area contributed by atoms with Crippen LogP contribution in [0.4, 0.5) is 5.69 Å². The molecule has 1 aromatic rings. The fourth-order valence-electron chi connectivity index (χ4n) is 3.71. The first-order valence-electron chi connectivity index (χ1n) is 8.45. The molecule has 0 amide bonds. The molecule has 2 aliphatic heterocycles. The summed E-state index contributed by atoms with van der Waals surface area (Å²) in [5.74, 6) is 0. The average molecular weight is 287 g/mol. The molecule has 3 nitrogen and oxygen atoms in total. The molecule has 0 radical (unpaired) electrons. The molecule has 1 N–H and O–H groups in total. The Kier molecular flexibility index (Phi) is 4.51. The Morgan fingerprint density at radius 1 is 1.24 bits per heavy atom. The normalized spacial score (nSPS) is 22.9. The Balaban J connectivity index is 1.68. The molecule has 3 heteroatoms. The second kappa shape index (κ2) is 6.37. The van der Waals surface area contributed by atoms with Crippen LogP contribution in [0.3, 0.4) is 0 Å². The van der Waals surface area contributed by atoms with E-state index in [0.717, 1.165) is 12.6 Å². The number of anilines is 1. The van der Waals surface area contributed by atoms with Gasteiger partial charge in [0.1, 0.15) is 0 Å². The zero-order chi connectivity index (χ0) is 14.8. The number of nitrogens with zero attached hydrogens (tertiary/aromatic N) is 2. The number of nitrogens with one attached hydrogen (secondary N) is 1. The monoisotopic (exact) mass is 287 g/mol. The lowest BCUT2D eigenvalue weighted by molar-refractivity contribution is 0.231. The number of aryl methyl sites for hydroxylation is 1. The van der Waals surface area contributed by atoms with E-state index in [4.69, 9.17) is 0 Å². The number of hydrogen-bond acceptors (Lipinski definition) is 3. The van der Waals surface area contributed by atoms with Gasteiger partial charge >= 0.3 is 0 Å². The number of piperazine rings is 1. The molecule has 1 unspecified atom stereocenters. The van der Waals surface area contributed by atoms with Crippen LogP contribution in [0.5, 0.6) is 0 Å². The van der Waals surface area contributed by atoms with Crippen LogP contribution in [0.25, 0.3) is 0 Å². The van der Waals surface area contributed by atoms with Crippen molar-refractivity contribution in [3.63, 3.8) is 0 Å². The molecule has 0 saturated carbocycles. The Morgan fingerprint density at radius 3 is 2.86 bits per heavy atom. The molecule has 2 aliphatic rings. The maximum atomic E-state index is 3.50. The van der Waals surface area contributed by atoms with Crippen molar-refractivity contribution in [1.29, 1.82) is 0 Å². The number of benzene rings is 1. The first kappa shape index (κ1) is 14.9. The minimum Gasteiger partial charge on any atom is -0.368 e. The van der Waals surface area contributed by atoms with Crippen molar-refractivity contribution in [1.82, 2.24) is 10.2 Å². The summed E-state index contributed by atoms with van der Waals surface area (Å²) in [4.78, 5) is 5.27. The molecule has 0 aromatic heterocycles. The first-order chi connectivity index (χ1) is 10.1. The van der Waals surface area contributed by atoms with Crippen molar-refractivity contribution in [3.8, 4) is 0 Å². The minimum absolute atomic E-state index is 0.542. The molecular formula is C18H29N3. The summed E-state index contributed by atoms with van der Waals surface area (Å²) in [7, 11) is 0. The van der Waals surface area contributed by atoms with Gasteiger partial charge in [-0.25, -0.2) is 0 Å². The van der Waals surface area contributed by atoms with Crippen molar-refractivity contribution in [2.75, 3.05) is 31.1 Å². The second-order valence-corrected chi connectivity index (χ2v) is 6.93. The molecule has 116 valence electrons. The maximum absolute atomic E-state index is 3.50. The van der Waals surface area contributed by atoms with E-state index in [9.17, 15) is 0 Å². The average Bonchev–Trinajstić information content (AvgIpc) is 2.92. The van der Waals surface area contributed by atoms with Crippen molar-refractivity contribution in [2.24, 2.45) is 0 Å². The third-order valence-corrected chi connectivity index (χ3v) is 4.90. The molecule has 0 aliphatic carbocycles. The van der Waals surface area contributed by atoms with Gasteiger partial charge in [-0.1, -0.05) is 26.0 Å². The van der Waals surface area contributed by atoms with Crippen LogP contribution >= 0.6 is 0 Å². The van der Waals surface area contributed by atoms with Gasteiger partial charge in [-0.05, 0) is 43.5 Å². The van der Waals surface area contributed by atoms with Gasteiger partial charge in [0, 0.05) is 44.0 Å². The fraction of sp³-hybridized carbons (Fsp3) is 0.667. The van der Waals surface area contributed by atoms with E-state index in [1.165, 1.54) is 55.8 Å². The van der Waals surface area contributed by atoms with Crippen LogP contribution in [0, 0.1) is 6.92 Å². The van der Waals surface area contributed by atoms with Crippen molar-refractivity contribution >= 4 is 5.69 Å². The maximum Gasteiger partial charge on any atom is 0.0397 e. The van der Waals surface area contributed by atoms with E-state index in [1.54, 1.807) is 0 Å².